The average Bonchev–Trinajstić information content (AvgIpc) is 2.52. The van der Waals surface area contributed by atoms with E-state index in [0.717, 1.165) is 12.1 Å². The van der Waals surface area contributed by atoms with E-state index in [1.807, 2.05) is 0 Å². The molecule has 2 aromatic carbocycles. The van der Waals surface area contributed by atoms with Crippen LogP contribution in [-0.2, 0) is 10.0 Å². The van der Waals surface area contributed by atoms with Gasteiger partial charge in [0.15, 0.2) is 11.6 Å². The van der Waals surface area contributed by atoms with Crippen molar-refractivity contribution in [1.82, 2.24) is 0 Å². The third-order valence-electron chi connectivity index (χ3n) is 3.01. The molecular weight excluding hydrogens is 340 g/mol. The van der Waals surface area contributed by atoms with Gasteiger partial charge in [-0.05, 0) is 44.2 Å². The van der Waals surface area contributed by atoms with Gasteiger partial charge in [0, 0.05) is 6.07 Å². The van der Waals surface area contributed by atoms with Crippen LogP contribution in [0, 0.1) is 11.6 Å². The van der Waals surface area contributed by atoms with Crippen LogP contribution in [0.3, 0.4) is 0 Å². The second kappa shape index (κ2) is 7.48. The van der Waals surface area contributed by atoms with Gasteiger partial charge in [0.2, 0.25) is 0 Å². The molecule has 0 aliphatic carbocycles. The molecule has 0 fully saturated rings. The van der Waals surface area contributed by atoms with Gasteiger partial charge in [-0.3, -0.25) is 4.72 Å². The highest BCUT2D eigenvalue weighted by Crippen LogP contribution is 2.31. The van der Waals surface area contributed by atoms with Crippen LogP contribution in [0.25, 0.3) is 0 Å². The minimum atomic E-state index is -4.12. The average molecular weight is 357 g/mol. The predicted octanol–water partition coefficient (Wildman–Crippen LogP) is 3.56. The molecule has 2 rings (SSSR count). The van der Waals surface area contributed by atoms with E-state index in [-0.39, 0.29) is 5.69 Å². The van der Waals surface area contributed by atoms with Gasteiger partial charge in [0.1, 0.15) is 11.5 Å². The van der Waals surface area contributed by atoms with Gasteiger partial charge in [-0.2, -0.15) is 0 Å². The summed E-state index contributed by atoms with van der Waals surface area (Å²) in [4.78, 5) is -0.398. The molecule has 0 heterocycles. The Morgan fingerprint density at radius 3 is 2.29 bits per heavy atom. The zero-order valence-corrected chi connectivity index (χ0v) is 14.0. The van der Waals surface area contributed by atoms with Gasteiger partial charge in [-0.1, -0.05) is 0 Å². The summed E-state index contributed by atoms with van der Waals surface area (Å²) in [6, 6.07) is 7.02. The summed E-state index contributed by atoms with van der Waals surface area (Å²) in [6.45, 7) is 4.28. The summed E-state index contributed by atoms with van der Waals surface area (Å²) >= 11 is 0. The van der Waals surface area contributed by atoms with E-state index in [4.69, 9.17) is 9.47 Å². The van der Waals surface area contributed by atoms with Gasteiger partial charge in [-0.15, -0.1) is 0 Å². The largest absolute Gasteiger partial charge is 0.494 e. The quantitative estimate of drug-likeness (QED) is 0.823. The standard InChI is InChI=1S/C16H17F2NO4S/c1-3-22-11-5-8-16(23-4-2)15(9-11)19-24(20,21)12-6-7-13(17)14(18)10-12/h5-10,19H,3-4H2,1-2H3. The summed E-state index contributed by atoms with van der Waals surface area (Å²) in [5, 5.41) is 0. The molecule has 0 aliphatic heterocycles. The normalized spacial score (nSPS) is 11.2. The Hall–Kier alpha value is -2.35. The maximum Gasteiger partial charge on any atom is 0.262 e. The number of nitrogens with one attached hydrogen (secondary N) is 1. The van der Waals surface area contributed by atoms with E-state index in [2.05, 4.69) is 4.72 Å². The van der Waals surface area contributed by atoms with Crippen molar-refractivity contribution < 1.29 is 26.7 Å². The van der Waals surface area contributed by atoms with Crippen LogP contribution in [0.2, 0.25) is 0 Å². The molecule has 8 heteroatoms. The molecule has 2 aromatic rings. The van der Waals surface area contributed by atoms with Crippen LogP contribution < -0.4 is 14.2 Å². The lowest BCUT2D eigenvalue weighted by atomic mass is 10.3. The fourth-order valence-corrected chi connectivity index (χ4v) is 3.05. The highest BCUT2D eigenvalue weighted by atomic mass is 32.2. The molecule has 0 unspecified atom stereocenters. The highest BCUT2D eigenvalue weighted by Gasteiger charge is 2.19. The molecule has 130 valence electrons. The van der Waals surface area contributed by atoms with Gasteiger partial charge in [0.05, 0.1) is 23.8 Å². The Morgan fingerprint density at radius 2 is 1.67 bits per heavy atom. The van der Waals surface area contributed by atoms with E-state index in [0.29, 0.717) is 30.8 Å². The highest BCUT2D eigenvalue weighted by molar-refractivity contribution is 7.92. The van der Waals surface area contributed by atoms with Crippen molar-refractivity contribution in [1.29, 1.82) is 0 Å². The Balaban J connectivity index is 2.39. The number of hydrogen-bond acceptors (Lipinski definition) is 4. The number of halogens is 2. The number of hydrogen-bond donors (Lipinski definition) is 1. The zero-order chi connectivity index (χ0) is 17.7. The SMILES string of the molecule is CCOc1ccc(OCC)c(NS(=O)(=O)c2ccc(F)c(F)c2)c1. The van der Waals surface area contributed by atoms with E-state index >= 15 is 0 Å². The topological polar surface area (TPSA) is 64.6 Å². The molecule has 0 atom stereocenters. The Kier molecular flexibility index (Phi) is 5.61. The van der Waals surface area contributed by atoms with Crippen molar-refractivity contribution in [3.05, 3.63) is 48.0 Å². The zero-order valence-electron chi connectivity index (χ0n) is 13.2. The lowest BCUT2D eigenvalue weighted by molar-refractivity contribution is 0.332. The predicted molar refractivity (Wildman–Crippen MR) is 85.9 cm³/mol. The molecule has 0 radical (unpaired) electrons. The summed E-state index contributed by atoms with van der Waals surface area (Å²) in [5.41, 5.74) is 0.146. The van der Waals surface area contributed by atoms with Crippen molar-refractivity contribution in [2.75, 3.05) is 17.9 Å². The minimum Gasteiger partial charge on any atom is -0.494 e. The first-order valence-electron chi connectivity index (χ1n) is 7.25. The number of anilines is 1. The third-order valence-corrected chi connectivity index (χ3v) is 4.37. The summed E-state index contributed by atoms with van der Waals surface area (Å²) in [7, 11) is -4.12. The molecule has 0 aromatic heterocycles. The molecule has 0 amide bonds. The molecule has 0 saturated heterocycles. The molecular formula is C16H17F2NO4S. The maximum absolute atomic E-state index is 13.3. The fraction of sp³-hybridized carbons (Fsp3) is 0.250. The number of rotatable bonds is 7. The second-order valence-electron chi connectivity index (χ2n) is 4.71. The van der Waals surface area contributed by atoms with E-state index < -0.39 is 26.6 Å². The van der Waals surface area contributed by atoms with Crippen molar-refractivity contribution >= 4 is 15.7 Å². The number of benzene rings is 2. The van der Waals surface area contributed by atoms with E-state index in [1.54, 1.807) is 26.0 Å². The van der Waals surface area contributed by atoms with Gasteiger partial charge >= 0.3 is 0 Å². The summed E-state index contributed by atoms with van der Waals surface area (Å²) in [6.07, 6.45) is 0. The number of ether oxygens (including phenoxy) is 2. The van der Waals surface area contributed by atoms with Gasteiger partial charge in [0.25, 0.3) is 10.0 Å². The maximum atomic E-state index is 13.3. The van der Waals surface area contributed by atoms with Crippen LogP contribution in [-0.4, -0.2) is 21.6 Å². The lowest BCUT2D eigenvalue weighted by Gasteiger charge is -2.14. The molecule has 0 aliphatic rings. The monoisotopic (exact) mass is 357 g/mol. The van der Waals surface area contributed by atoms with Crippen molar-refractivity contribution in [2.45, 2.75) is 18.7 Å². The van der Waals surface area contributed by atoms with Crippen LogP contribution in [0.1, 0.15) is 13.8 Å². The molecule has 0 bridgehead atoms. The lowest BCUT2D eigenvalue weighted by Crippen LogP contribution is -2.14. The van der Waals surface area contributed by atoms with Crippen LogP contribution in [0.15, 0.2) is 41.3 Å². The molecule has 0 saturated carbocycles. The molecule has 1 N–H and O–H groups in total. The van der Waals surface area contributed by atoms with Gasteiger partial charge in [-0.25, -0.2) is 17.2 Å². The smallest absolute Gasteiger partial charge is 0.262 e. The number of sulfonamides is 1. The van der Waals surface area contributed by atoms with Crippen LogP contribution >= 0.6 is 0 Å². The van der Waals surface area contributed by atoms with Crippen molar-refractivity contribution in [2.24, 2.45) is 0 Å². The second-order valence-corrected chi connectivity index (χ2v) is 6.39. The third kappa shape index (κ3) is 4.14. The Labute approximate surface area is 139 Å². The van der Waals surface area contributed by atoms with Crippen molar-refractivity contribution in [3.8, 4) is 11.5 Å². The van der Waals surface area contributed by atoms with E-state index in [9.17, 15) is 17.2 Å². The summed E-state index contributed by atoms with van der Waals surface area (Å²) in [5.74, 6) is -1.62. The van der Waals surface area contributed by atoms with Crippen molar-refractivity contribution in [3.63, 3.8) is 0 Å². The first-order valence-corrected chi connectivity index (χ1v) is 8.73. The Bertz CT molecular complexity index is 825. The fourth-order valence-electron chi connectivity index (χ4n) is 1.97. The van der Waals surface area contributed by atoms with Crippen LogP contribution in [0.4, 0.5) is 14.5 Å². The minimum absolute atomic E-state index is 0.146. The van der Waals surface area contributed by atoms with E-state index in [1.165, 1.54) is 6.07 Å². The summed E-state index contributed by atoms with van der Waals surface area (Å²) < 4.78 is 64.1. The molecule has 5 nitrogen and oxygen atoms in total. The van der Waals surface area contributed by atoms with Crippen LogP contribution in [0.5, 0.6) is 11.5 Å². The molecule has 0 spiro atoms. The van der Waals surface area contributed by atoms with Gasteiger partial charge < -0.3 is 9.47 Å². The Morgan fingerprint density at radius 1 is 0.958 bits per heavy atom. The molecule has 24 heavy (non-hydrogen) atoms. The first kappa shape index (κ1) is 18.0. The first-order chi connectivity index (χ1) is 11.4.